The van der Waals surface area contributed by atoms with Gasteiger partial charge >= 0.3 is 5.97 Å². The van der Waals surface area contributed by atoms with E-state index in [4.69, 9.17) is 14.3 Å². The third-order valence-electron chi connectivity index (χ3n) is 3.83. The second-order valence-corrected chi connectivity index (χ2v) is 7.35. The van der Waals surface area contributed by atoms with E-state index in [-0.39, 0.29) is 31.5 Å². The Hall–Kier alpha value is -0.740. The maximum atomic E-state index is 12.0. The van der Waals surface area contributed by atoms with E-state index in [1.807, 2.05) is 0 Å². The van der Waals surface area contributed by atoms with Crippen LogP contribution in [0.1, 0.15) is 25.7 Å². The largest absolute Gasteiger partial charge is 0.352 e. The molecule has 0 bridgehead atoms. The van der Waals surface area contributed by atoms with E-state index in [1.165, 1.54) is 0 Å². The number of hydroxylamine groups is 2. The van der Waals surface area contributed by atoms with Crippen molar-refractivity contribution in [3.8, 4) is 0 Å². The van der Waals surface area contributed by atoms with Gasteiger partial charge in [-0.05, 0) is 6.42 Å². The molecule has 3 aliphatic heterocycles. The highest BCUT2D eigenvalue weighted by molar-refractivity contribution is 14.1. The minimum atomic E-state index is -0.584. The summed E-state index contributed by atoms with van der Waals surface area (Å²) in [6, 6.07) is 0. The fourth-order valence-electron chi connectivity index (χ4n) is 2.77. The van der Waals surface area contributed by atoms with Gasteiger partial charge in [-0.3, -0.25) is 9.59 Å². The van der Waals surface area contributed by atoms with Gasteiger partial charge in [0.05, 0.1) is 23.1 Å². The maximum Gasteiger partial charge on any atom is 0.334 e. The highest BCUT2D eigenvalue weighted by atomic mass is 127. The van der Waals surface area contributed by atoms with Crippen LogP contribution in [-0.4, -0.2) is 45.8 Å². The van der Waals surface area contributed by atoms with Crippen LogP contribution in [0.15, 0.2) is 0 Å². The molecule has 0 aromatic rings. The van der Waals surface area contributed by atoms with Gasteiger partial charge in [0.2, 0.25) is 0 Å². The quantitative estimate of drug-likeness (QED) is 0.395. The van der Waals surface area contributed by atoms with Crippen LogP contribution in [0.5, 0.6) is 0 Å². The average Bonchev–Trinajstić information content (AvgIpc) is 3.05. The number of hydrogen-bond acceptors (Lipinski definition) is 6. The lowest BCUT2D eigenvalue weighted by Crippen LogP contribution is -2.38. The predicted octanol–water partition coefficient (Wildman–Crippen LogP) is 0.550. The first-order valence-corrected chi connectivity index (χ1v) is 7.56. The third kappa shape index (κ3) is 2.44. The molecule has 0 spiro atoms. The lowest BCUT2D eigenvalue weighted by molar-refractivity contribution is -0.197. The molecule has 3 heterocycles. The Labute approximate surface area is 129 Å². The van der Waals surface area contributed by atoms with Gasteiger partial charge in [0.25, 0.3) is 11.8 Å². The van der Waals surface area contributed by atoms with Gasteiger partial charge in [-0.1, -0.05) is 22.6 Å². The van der Waals surface area contributed by atoms with Crippen LogP contribution in [0, 0.1) is 5.92 Å². The van der Waals surface area contributed by atoms with Crippen LogP contribution in [-0.2, 0) is 28.7 Å². The van der Waals surface area contributed by atoms with Crippen LogP contribution >= 0.6 is 22.6 Å². The Morgan fingerprint density at radius 1 is 1.35 bits per heavy atom. The van der Waals surface area contributed by atoms with Crippen LogP contribution in [0.4, 0.5) is 0 Å². The van der Waals surface area contributed by atoms with Crippen molar-refractivity contribution in [2.24, 2.45) is 5.92 Å². The number of carbonyl (C=O) groups is 3. The smallest absolute Gasteiger partial charge is 0.334 e. The molecule has 1 unspecified atom stereocenters. The molecule has 7 nitrogen and oxygen atoms in total. The molecule has 3 rings (SSSR count). The van der Waals surface area contributed by atoms with Gasteiger partial charge in [0, 0.05) is 18.8 Å². The molecule has 110 valence electrons. The molecule has 3 aliphatic rings. The van der Waals surface area contributed by atoms with Gasteiger partial charge in [-0.2, -0.15) is 0 Å². The second-order valence-electron chi connectivity index (χ2n) is 5.20. The molecule has 0 N–H and O–H groups in total. The fraction of sp³-hybridized carbons (Fsp3) is 0.750. The molecule has 3 atom stereocenters. The van der Waals surface area contributed by atoms with Crippen molar-refractivity contribution in [2.45, 2.75) is 35.4 Å². The Morgan fingerprint density at radius 3 is 2.75 bits per heavy atom. The molecule has 3 saturated heterocycles. The number of rotatable bonds is 3. The molecule has 0 aliphatic carbocycles. The van der Waals surface area contributed by atoms with Gasteiger partial charge in [0.15, 0.2) is 6.29 Å². The van der Waals surface area contributed by atoms with E-state index in [1.54, 1.807) is 0 Å². The van der Waals surface area contributed by atoms with Crippen molar-refractivity contribution >= 4 is 40.4 Å². The Balaban J connectivity index is 1.61. The summed E-state index contributed by atoms with van der Waals surface area (Å²) in [7, 11) is 0. The number of carbonyl (C=O) groups excluding carboxylic acids is 3. The normalized spacial score (nSPS) is 36.5. The Morgan fingerprint density at radius 2 is 2.05 bits per heavy atom. The first kappa shape index (κ1) is 14.2. The van der Waals surface area contributed by atoms with Crippen LogP contribution in [0.25, 0.3) is 0 Å². The van der Waals surface area contributed by atoms with Crippen LogP contribution in [0.3, 0.4) is 0 Å². The Bertz CT molecular complexity index is 453. The van der Waals surface area contributed by atoms with E-state index < -0.39 is 21.2 Å². The topological polar surface area (TPSA) is 82.1 Å². The highest BCUT2D eigenvalue weighted by Gasteiger charge is 2.52. The number of amides is 2. The number of hydrogen-bond donors (Lipinski definition) is 0. The van der Waals surface area contributed by atoms with E-state index >= 15 is 0 Å². The minimum Gasteiger partial charge on any atom is -0.352 e. The zero-order valence-electron chi connectivity index (χ0n) is 10.7. The first-order valence-electron chi connectivity index (χ1n) is 6.48. The Kier molecular flexibility index (Phi) is 3.71. The van der Waals surface area contributed by atoms with Crippen molar-refractivity contribution in [3.63, 3.8) is 0 Å². The first-order chi connectivity index (χ1) is 9.49. The number of halogens is 1. The van der Waals surface area contributed by atoms with Gasteiger partial charge in [0.1, 0.15) is 0 Å². The van der Waals surface area contributed by atoms with Crippen molar-refractivity contribution in [2.75, 3.05) is 13.2 Å². The van der Waals surface area contributed by atoms with E-state index in [2.05, 4.69) is 22.6 Å². The molecular weight excluding hydrogens is 381 g/mol. The molecule has 0 aromatic heterocycles. The summed E-state index contributed by atoms with van der Waals surface area (Å²) in [5.74, 6) is -1.37. The molecule has 3 fully saturated rings. The molecular formula is C12H14INO6. The predicted molar refractivity (Wildman–Crippen MR) is 72.3 cm³/mol. The summed E-state index contributed by atoms with van der Waals surface area (Å²) < 4.78 is 10.5. The highest BCUT2D eigenvalue weighted by Crippen LogP contribution is 2.46. The SMILES string of the molecule is O=C(CC1(I)CO[C@@H]2OCC[C@@H]21)ON1C(=O)CCC1=O. The van der Waals surface area contributed by atoms with Crippen molar-refractivity contribution < 1.29 is 28.7 Å². The van der Waals surface area contributed by atoms with E-state index in [0.29, 0.717) is 18.3 Å². The summed E-state index contributed by atoms with van der Waals surface area (Å²) >= 11 is 2.20. The van der Waals surface area contributed by atoms with Crippen LogP contribution in [0.2, 0.25) is 0 Å². The molecule has 8 heteroatoms. The molecule has 0 radical (unpaired) electrons. The lowest BCUT2D eigenvalue weighted by Gasteiger charge is -2.25. The summed E-state index contributed by atoms with van der Waals surface area (Å²) in [6.45, 7) is 1.03. The molecule has 20 heavy (non-hydrogen) atoms. The maximum absolute atomic E-state index is 12.0. The van der Waals surface area contributed by atoms with Gasteiger partial charge < -0.3 is 14.3 Å². The molecule has 0 aromatic carbocycles. The third-order valence-corrected chi connectivity index (χ3v) is 5.32. The number of alkyl halides is 1. The van der Waals surface area contributed by atoms with E-state index in [0.717, 1.165) is 6.42 Å². The summed E-state index contributed by atoms with van der Waals surface area (Å²) in [4.78, 5) is 39.7. The summed E-state index contributed by atoms with van der Waals surface area (Å²) in [5.41, 5.74) is 0. The van der Waals surface area contributed by atoms with Crippen molar-refractivity contribution in [1.82, 2.24) is 5.06 Å². The standard InChI is InChI=1S/C12H14INO6/c13-12(6-19-11-7(12)3-4-18-11)5-10(17)20-14-8(15)1-2-9(14)16/h7,11H,1-6H2/t7-,11-,12?/m0/s1. The van der Waals surface area contributed by atoms with Crippen molar-refractivity contribution in [1.29, 1.82) is 0 Å². The summed E-state index contributed by atoms with van der Waals surface area (Å²) in [5, 5.41) is 0.584. The van der Waals surface area contributed by atoms with Crippen LogP contribution < -0.4 is 0 Å². The molecule has 0 saturated carbocycles. The lowest BCUT2D eigenvalue weighted by atomic mass is 9.90. The zero-order valence-corrected chi connectivity index (χ0v) is 12.8. The number of fused-ring (bicyclic) bond motifs is 1. The number of imide groups is 1. The second kappa shape index (κ2) is 5.23. The van der Waals surface area contributed by atoms with Gasteiger partial charge in [-0.15, -0.1) is 5.06 Å². The zero-order chi connectivity index (χ0) is 14.3. The average molecular weight is 395 g/mol. The molecule has 2 amide bonds. The minimum absolute atomic E-state index is 0.0924. The fourth-order valence-corrected chi connectivity index (χ4v) is 3.87. The number of nitrogens with zero attached hydrogens (tertiary/aromatic N) is 1. The van der Waals surface area contributed by atoms with Gasteiger partial charge in [-0.25, -0.2) is 4.79 Å². The summed E-state index contributed by atoms with van der Waals surface area (Å²) in [6.07, 6.45) is 0.874. The number of ether oxygens (including phenoxy) is 2. The van der Waals surface area contributed by atoms with E-state index in [9.17, 15) is 14.4 Å². The monoisotopic (exact) mass is 395 g/mol. The van der Waals surface area contributed by atoms with Crippen molar-refractivity contribution in [3.05, 3.63) is 0 Å².